The highest BCUT2D eigenvalue weighted by Gasteiger charge is 2.38. The molecular weight excluding hydrogens is 580 g/mol. The molecule has 0 bridgehead atoms. The third kappa shape index (κ3) is 4.44. The molecule has 0 aliphatic heterocycles. The number of rotatable bonds is 4. The predicted octanol–water partition coefficient (Wildman–Crippen LogP) is 11.1. The van der Waals surface area contributed by atoms with Crippen molar-refractivity contribution in [2.75, 3.05) is 0 Å². The van der Waals surface area contributed by atoms with Gasteiger partial charge in [0.2, 0.25) is 0 Å². The summed E-state index contributed by atoms with van der Waals surface area (Å²) in [5, 5.41) is 0.878. The first-order valence-corrected chi connectivity index (χ1v) is 14.9. The second kappa shape index (κ2) is 9.84. The molecule has 42 heavy (non-hydrogen) atoms. The van der Waals surface area contributed by atoms with Crippen molar-refractivity contribution in [3.63, 3.8) is 0 Å². The van der Waals surface area contributed by atoms with Crippen LogP contribution in [-0.4, -0.2) is 9.55 Å². The van der Waals surface area contributed by atoms with Gasteiger partial charge in [0.1, 0.15) is 17.3 Å². The van der Waals surface area contributed by atoms with E-state index in [9.17, 15) is 0 Å². The molecule has 0 atom stereocenters. The summed E-state index contributed by atoms with van der Waals surface area (Å²) in [6.45, 7) is 6.36. The average molecular weight is 623 g/mol. The monoisotopic (exact) mass is 621 g/mol. The Hall–Kier alpha value is -3.89. The first-order valence-electron chi connectivity index (χ1n) is 17.6. The van der Waals surface area contributed by atoms with Crippen LogP contribution in [0.2, 0.25) is 0 Å². The molecule has 2 aromatic heterocycles. The van der Waals surface area contributed by atoms with Crippen molar-refractivity contribution in [1.82, 2.24) is 9.55 Å². The summed E-state index contributed by atoms with van der Waals surface area (Å²) in [7, 11) is 0. The Labute approximate surface area is 266 Å². The number of halogens is 1. The topological polar surface area (TPSA) is 27.1 Å². The van der Waals surface area contributed by atoms with E-state index in [2.05, 4.69) is 49.7 Å². The Bertz CT molecular complexity index is 2320. The van der Waals surface area contributed by atoms with Gasteiger partial charge in [-0.2, -0.15) is 0 Å². The zero-order valence-electron chi connectivity index (χ0n) is 31.0. The number of fused-ring (bicyclic) bond motifs is 4. The summed E-state index contributed by atoms with van der Waals surface area (Å²) in [5.41, 5.74) is 4.26. The molecule has 6 aromatic rings. The minimum absolute atomic E-state index is 0.0733. The number of hydrogen-bond acceptors (Lipinski definition) is 2. The fraction of sp³-hybridized carbons (Fsp3) is 0.237. The van der Waals surface area contributed by atoms with E-state index in [1.165, 1.54) is 5.56 Å². The number of aryl methyl sites for hydroxylation is 1. The molecule has 4 aromatic carbocycles. The summed E-state index contributed by atoms with van der Waals surface area (Å²) in [6.07, 6.45) is 3.58. The smallest absolute Gasteiger partial charge is 0.137 e. The molecule has 0 N–H and O–H groups in total. The molecule has 0 amide bonds. The second-order valence-corrected chi connectivity index (χ2v) is 13.3. The van der Waals surface area contributed by atoms with E-state index < -0.39 is 6.85 Å². The standard InChI is InChI=1S/C38H35BrN2O/c1-24-20-35(40-23-31(24)30-13-9-14-32-36(30)38(4,5)19-18-37(32,2)3)41-33-15-7-6-12-28(33)29-17-16-27(22-34(29)41)42-26-11-8-10-25(39)21-26/h6-17,20-23H,18-19H2,1-5H3/i1D3,6D,7D,12D,15D. The second-order valence-electron chi connectivity index (χ2n) is 12.4. The molecule has 0 radical (unpaired) electrons. The molecule has 1 aliphatic carbocycles. The molecule has 0 saturated carbocycles. The van der Waals surface area contributed by atoms with Crippen molar-refractivity contribution >= 4 is 37.7 Å². The van der Waals surface area contributed by atoms with Gasteiger partial charge in [-0.15, -0.1) is 0 Å². The van der Waals surface area contributed by atoms with Crippen molar-refractivity contribution < 1.29 is 14.3 Å². The van der Waals surface area contributed by atoms with Crippen LogP contribution in [0.4, 0.5) is 0 Å². The highest BCUT2D eigenvalue weighted by Crippen LogP contribution is 2.49. The van der Waals surface area contributed by atoms with Gasteiger partial charge >= 0.3 is 0 Å². The molecule has 7 rings (SSSR count). The van der Waals surface area contributed by atoms with Crippen molar-refractivity contribution in [2.45, 2.75) is 58.2 Å². The maximum absolute atomic E-state index is 8.96. The fourth-order valence-corrected chi connectivity index (χ4v) is 6.78. The quantitative estimate of drug-likeness (QED) is 0.196. The van der Waals surface area contributed by atoms with E-state index in [0.717, 1.165) is 28.4 Å². The summed E-state index contributed by atoms with van der Waals surface area (Å²) in [5.74, 6) is 1.28. The Kier molecular flexibility index (Phi) is 4.71. The lowest BCUT2D eigenvalue weighted by Gasteiger charge is -2.43. The molecule has 0 fully saturated rings. The largest absolute Gasteiger partial charge is 0.457 e. The maximum atomic E-state index is 8.96. The molecule has 0 spiro atoms. The number of benzene rings is 4. The molecule has 2 heterocycles. The fourth-order valence-electron chi connectivity index (χ4n) is 6.40. The lowest BCUT2D eigenvalue weighted by Crippen LogP contribution is -2.34. The maximum Gasteiger partial charge on any atom is 0.137 e. The van der Waals surface area contributed by atoms with Gasteiger partial charge in [-0.25, -0.2) is 4.98 Å². The Morgan fingerprint density at radius 3 is 2.45 bits per heavy atom. The molecule has 3 nitrogen and oxygen atoms in total. The summed E-state index contributed by atoms with van der Waals surface area (Å²) in [4.78, 5) is 4.87. The van der Waals surface area contributed by atoms with Crippen LogP contribution >= 0.6 is 15.9 Å². The summed E-state index contributed by atoms with van der Waals surface area (Å²) < 4.78 is 69.5. The van der Waals surface area contributed by atoms with E-state index >= 15 is 0 Å². The lowest BCUT2D eigenvalue weighted by atomic mass is 9.61. The van der Waals surface area contributed by atoms with Crippen LogP contribution in [0.1, 0.15) is 66.8 Å². The normalized spacial score (nSPS) is 18.3. The van der Waals surface area contributed by atoms with E-state index in [-0.39, 0.29) is 51.9 Å². The molecule has 0 saturated heterocycles. The molecule has 4 heteroatoms. The summed E-state index contributed by atoms with van der Waals surface area (Å²) >= 11 is 3.47. The average Bonchev–Trinajstić information content (AvgIpc) is 3.38. The third-order valence-electron chi connectivity index (χ3n) is 8.66. The van der Waals surface area contributed by atoms with Crippen molar-refractivity contribution in [2.24, 2.45) is 0 Å². The van der Waals surface area contributed by atoms with Gasteiger partial charge in [0, 0.05) is 37.2 Å². The van der Waals surface area contributed by atoms with E-state index in [0.29, 0.717) is 33.4 Å². The summed E-state index contributed by atoms with van der Waals surface area (Å²) in [6, 6.07) is 19.2. The van der Waals surface area contributed by atoms with Crippen LogP contribution in [0.25, 0.3) is 38.8 Å². The van der Waals surface area contributed by atoms with Crippen LogP contribution in [0.15, 0.2) is 102 Å². The van der Waals surface area contributed by atoms with Gasteiger partial charge < -0.3 is 4.74 Å². The minimum Gasteiger partial charge on any atom is -0.457 e. The Morgan fingerprint density at radius 2 is 1.62 bits per heavy atom. The zero-order valence-corrected chi connectivity index (χ0v) is 25.6. The van der Waals surface area contributed by atoms with Gasteiger partial charge in [-0.3, -0.25) is 4.57 Å². The SMILES string of the molecule is [2H]c1c([2H])c([2H])c2c(c1[2H])c1ccc(Oc3cccc(Br)c3)cc1n2-c1cc(C([2H])([2H])[2H])c(-c2cccc3c2C(C)(C)CCC3(C)C)cn1. The number of nitrogens with zero attached hydrogens (tertiary/aromatic N) is 2. The van der Waals surface area contributed by atoms with Crippen molar-refractivity contribution in [1.29, 1.82) is 0 Å². The van der Waals surface area contributed by atoms with Gasteiger partial charge in [-0.1, -0.05) is 86.0 Å². The molecule has 1 aliphatic rings. The number of hydrogen-bond donors (Lipinski definition) is 0. The van der Waals surface area contributed by atoms with E-state index in [4.69, 9.17) is 19.3 Å². The first kappa shape index (κ1) is 20.1. The molecule has 0 unspecified atom stereocenters. The van der Waals surface area contributed by atoms with E-state index in [1.807, 2.05) is 36.4 Å². The van der Waals surface area contributed by atoms with Crippen LogP contribution < -0.4 is 4.74 Å². The van der Waals surface area contributed by atoms with Gasteiger partial charge in [0.15, 0.2) is 0 Å². The highest BCUT2D eigenvalue weighted by molar-refractivity contribution is 9.10. The first-order chi connectivity index (χ1) is 23.0. The molecule has 210 valence electrons. The van der Waals surface area contributed by atoms with E-state index in [1.54, 1.807) is 35.0 Å². The number of para-hydroxylation sites is 1. The Balaban J connectivity index is 1.52. The van der Waals surface area contributed by atoms with Gasteiger partial charge in [-0.05, 0) is 95.2 Å². The van der Waals surface area contributed by atoms with Crippen LogP contribution in [0.3, 0.4) is 0 Å². The van der Waals surface area contributed by atoms with Gasteiger partial charge in [0.05, 0.1) is 16.5 Å². The zero-order chi connectivity index (χ0) is 35.2. The van der Waals surface area contributed by atoms with Crippen LogP contribution in [0.5, 0.6) is 11.5 Å². The van der Waals surface area contributed by atoms with Crippen LogP contribution in [-0.2, 0) is 10.8 Å². The van der Waals surface area contributed by atoms with Gasteiger partial charge in [0.25, 0.3) is 0 Å². The number of aromatic nitrogens is 2. The number of pyridine rings is 1. The predicted molar refractivity (Wildman–Crippen MR) is 178 cm³/mol. The third-order valence-corrected chi connectivity index (χ3v) is 9.15. The number of ether oxygens (including phenoxy) is 1. The lowest BCUT2D eigenvalue weighted by molar-refractivity contribution is 0.333. The Morgan fingerprint density at radius 1 is 0.833 bits per heavy atom. The van der Waals surface area contributed by atoms with Crippen molar-refractivity contribution in [3.05, 3.63) is 118 Å². The highest BCUT2D eigenvalue weighted by atomic mass is 79.9. The van der Waals surface area contributed by atoms with Crippen molar-refractivity contribution in [3.8, 4) is 28.4 Å². The minimum atomic E-state index is -2.52. The molecular formula is C38H35BrN2O. The van der Waals surface area contributed by atoms with Crippen LogP contribution in [0, 0.1) is 6.85 Å².